The number of hydrogen-bond acceptors (Lipinski definition) is 7. The molecule has 0 saturated heterocycles. The number of fused-ring (bicyclic) bond motifs is 1. The van der Waals surface area contributed by atoms with Gasteiger partial charge in [0.25, 0.3) is 0 Å². The van der Waals surface area contributed by atoms with Gasteiger partial charge in [-0.3, -0.25) is 0 Å². The van der Waals surface area contributed by atoms with Gasteiger partial charge in [0.1, 0.15) is 16.6 Å². The molecule has 0 bridgehead atoms. The van der Waals surface area contributed by atoms with Gasteiger partial charge in [0, 0.05) is 10.9 Å². The Morgan fingerprint density at radius 2 is 2.33 bits per heavy atom. The topological polar surface area (TPSA) is 71.2 Å². The molecule has 0 saturated carbocycles. The number of hydrogen-bond donors (Lipinski definition) is 3. The van der Waals surface area contributed by atoms with E-state index in [1.54, 1.807) is 29.6 Å². The second kappa shape index (κ2) is 6.31. The van der Waals surface area contributed by atoms with Crippen LogP contribution in [0.2, 0.25) is 0 Å². The van der Waals surface area contributed by atoms with Crippen LogP contribution in [0.4, 0.5) is 5.00 Å². The number of halogens is 1. The van der Waals surface area contributed by atoms with Crippen molar-refractivity contribution in [3.8, 4) is 0 Å². The highest BCUT2D eigenvalue weighted by Crippen LogP contribution is 2.44. The Labute approximate surface area is 142 Å². The highest BCUT2D eigenvalue weighted by molar-refractivity contribution is 9.10. The van der Waals surface area contributed by atoms with Gasteiger partial charge >= 0.3 is 0 Å². The van der Waals surface area contributed by atoms with Crippen molar-refractivity contribution in [2.45, 2.75) is 25.6 Å². The highest BCUT2D eigenvalue weighted by atomic mass is 79.9. The number of aliphatic hydroxyl groups is 1. The van der Waals surface area contributed by atoms with Crippen molar-refractivity contribution in [1.29, 1.82) is 0 Å². The summed E-state index contributed by atoms with van der Waals surface area (Å²) in [6.07, 6.45) is -0.672. The predicted molar refractivity (Wildman–Crippen MR) is 95.5 cm³/mol. The fourth-order valence-corrected chi connectivity index (χ4v) is 5.69. The standard InChI is InChI=1S/C13H14BrN3OS3/c1-6(15)10(18)11-8(14)9-12(20-11)13(21-17-9)16-5-7-3-2-4-19-7/h2-4,6,10,16,18H,5,15H2,1H3. The van der Waals surface area contributed by atoms with E-state index in [9.17, 15) is 5.11 Å². The molecule has 0 radical (unpaired) electrons. The number of aliphatic hydroxyl groups excluding tert-OH is 1. The first-order valence-electron chi connectivity index (χ1n) is 6.35. The maximum atomic E-state index is 10.2. The molecule has 3 aromatic rings. The molecule has 0 amide bonds. The molecule has 3 rings (SSSR count). The summed E-state index contributed by atoms with van der Waals surface area (Å²) in [6.45, 7) is 2.59. The van der Waals surface area contributed by atoms with Crippen molar-refractivity contribution in [1.82, 2.24) is 4.37 Å². The summed E-state index contributed by atoms with van der Waals surface area (Å²) in [6, 6.07) is 3.84. The highest BCUT2D eigenvalue weighted by Gasteiger charge is 2.23. The third-order valence-electron chi connectivity index (χ3n) is 3.06. The number of rotatable bonds is 5. The smallest absolute Gasteiger partial charge is 0.127 e. The Morgan fingerprint density at radius 1 is 1.52 bits per heavy atom. The number of nitrogens with one attached hydrogen (secondary N) is 1. The molecule has 0 aliphatic rings. The average Bonchev–Trinajstić information content (AvgIpc) is 3.15. The minimum absolute atomic E-state index is 0.310. The number of nitrogens with two attached hydrogens (primary N) is 1. The van der Waals surface area contributed by atoms with Gasteiger partial charge in [-0.2, -0.15) is 4.37 Å². The summed E-state index contributed by atoms with van der Waals surface area (Å²) < 4.78 is 6.40. The lowest BCUT2D eigenvalue weighted by Gasteiger charge is -2.12. The van der Waals surface area contributed by atoms with Crippen molar-refractivity contribution in [2.75, 3.05) is 5.32 Å². The van der Waals surface area contributed by atoms with Crippen LogP contribution in [0, 0.1) is 0 Å². The minimum atomic E-state index is -0.672. The van der Waals surface area contributed by atoms with E-state index in [1.807, 2.05) is 6.07 Å². The number of thiophene rings is 2. The molecule has 0 aliphatic carbocycles. The van der Waals surface area contributed by atoms with Gasteiger partial charge in [-0.05, 0) is 45.8 Å². The van der Waals surface area contributed by atoms with Gasteiger partial charge in [0.05, 0.1) is 20.6 Å². The molecule has 2 atom stereocenters. The van der Waals surface area contributed by atoms with Gasteiger partial charge in [-0.1, -0.05) is 6.07 Å². The Balaban J connectivity index is 1.89. The average molecular weight is 404 g/mol. The summed E-state index contributed by atoms with van der Waals surface area (Å²) in [7, 11) is 0. The third-order valence-corrected chi connectivity index (χ3v) is 7.20. The Morgan fingerprint density at radius 3 is 3.00 bits per heavy atom. The molecule has 8 heteroatoms. The largest absolute Gasteiger partial charge is 0.386 e. The molecule has 3 heterocycles. The van der Waals surface area contributed by atoms with Crippen LogP contribution in [0.3, 0.4) is 0 Å². The Bertz CT molecular complexity index is 735. The normalized spacial score (nSPS) is 14.5. The van der Waals surface area contributed by atoms with Crippen molar-refractivity contribution < 1.29 is 5.11 Å². The molecule has 4 N–H and O–H groups in total. The quantitative estimate of drug-likeness (QED) is 0.597. The van der Waals surface area contributed by atoms with E-state index < -0.39 is 6.10 Å². The maximum Gasteiger partial charge on any atom is 0.127 e. The first kappa shape index (κ1) is 15.4. The Hall–Kier alpha value is -0.510. The van der Waals surface area contributed by atoms with Gasteiger partial charge in [0.15, 0.2) is 0 Å². The van der Waals surface area contributed by atoms with Crippen molar-refractivity contribution in [2.24, 2.45) is 5.73 Å². The van der Waals surface area contributed by atoms with Crippen molar-refractivity contribution >= 4 is 65.4 Å². The van der Waals surface area contributed by atoms with Crippen LogP contribution >= 0.6 is 50.1 Å². The van der Waals surface area contributed by atoms with Crippen LogP contribution in [0.1, 0.15) is 22.8 Å². The van der Waals surface area contributed by atoms with Crippen LogP contribution in [0.5, 0.6) is 0 Å². The zero-order valence-electron chi connectivity index (χ0n) is 11.2. The number of nitrogens with zero attached hydrogens (tertiary/aromatic N) is 1. The lowest BCUT2D eigenvalue weighted by atomic mass is 10.2. The molecule has 0 aromatic carbocycles. The zero-order chi connectivity index (χ0) is 15.0. The second-order valence-electron chi connectivity index (χ2n) is 4.71. The molecular weight excluding hydrogens is 390 g/mol. The molecule has 3 aromatic heterocycles. The first-order chi connectivity index (χ1) is 10.1. The molecule has 112 valence electrons. The van der Waals surface area contributed by atoms with E-state index in [4.69, 9.17) is 5.73 Å². The van der Waals surface area contributed by atoms with Crippen molar-refractivity contribution in [3.05, 3.63) is 31.7 Å². The van der Waals surface area contributed by atoms with E-state index in [0.29, 0.717) is 0 Å². The van der Waals surface area contributed by atoms with Crippen LogP contribution in [0.25, 0.3) is 10.2 Å². The lowest BCUT2D eigenvalue weighted by molar-refractivity contribution is 0.156. The van der Waals surface area contributed by atoms with Crippen molar-refractivity contribution in [3.63, 3.8) is 0 Å². The summed E-state index contributed by atoms with van der Waals surface area (Å²) in [5.41, 5.74) is 6.69. The van der Waals surface area contributed by atoms with Gasteiger partial charge < -0.3 is 16.2 Å². The van der Waals surface area contributed by atoms with Crippen LogP contribution in [-0.2, 0) is 6.54 Å². The molecule has 0 spiro atoms. The molecule has 0 fully saturated rings. The SMILES string of the molecule is CC(N)C(O)c1sc2c(NCc3cccs3)snc2c1Br. The van der Waals surface area contributed by atoms with Gasteiger partial charge in [-0.15, -0.1) is 22.7 Å². The molecule has 21 heavy (non-hydrogen) atoms. The van der Waals surface area contributed by atoms with Crippen LogP contribution < -0.4 is 11.1 Å². The minimum Gasteiger partial charge on any atom is -0.386 e. The monoisotopic (exact) mass is 403 g/mol. The van der Waals surface area contributed by atoms with Gasteiger partial charge in [-0.25, -0.2) is 0 Å². The molecule has 0 aliphatic heterocycles. The summed E-state index contributed by atoms with van der Waals surface area (Å²) in [5.74, 6) is 0. The summed E-state index contributed by atoms with van der Waals surface area (Å²) in [4.78, 5) is 2.12. The van der Waals surface area contributed by atoms with E-state index >= 15 is 0 Å². The van der Waals surface area contributed by atoms with E-state index in [-0.39, 0.29) is 6.04 Å². The van der Waals surface area contributed by atoms with E-state index in [2.05, 4.69) is 37.1 Å². The zero-order valence-corrected chi connectivity index (χ0v) is 15.2. The Kier molecular flexibility index (Phi) is 4.63. The third kappa shape index (κ3) is 3.01. The van der Waals surface area contributed by atoms with E-state index in [1.165, 1.54) is 16.4 Å². The second-order valence-corrected chi connectivity index (χ2v) is 8.36. The maximum absolute atomic E-state index is 10.2. The first-order valence-corrected chi connectivity index (χ1v) is 9.61. The summed E-state index contributed by atoms with van der Waals surface area (Å²) in [5, 5.41) is 16.7. The van der Waals surface area contributed by atoms with E-state index in [0.717, 1.165) is 31.1 Å². The van der Waals surface area contributed by atoms with Gasteiger partial charge in [0.2, 0.25) is 0 Å². The van der Waals surface area contributed by atoms with Crippen LogP contribution in [-0.4, -0.2) is 15.5 Å². The molecular formula is C13H14BrN3OS3. The molecule has 2 unspecified atom stereocenters. The lowest BCUT2D eigenvalue weighted by Crippen LogP contribution is -2.23. The fourth-order valence-electron chi connectivity index (χ4n) is 1.91. The fraction of sp³-hybridized carbons (Fsp3) is 0.308. The summed E-state index contributed by atoms with van der Waals surface area (Å²) >= 11 is 8.25. The number of aromatic nitrogens is 1. The van der Waals surface area contributed by atoms with Crippen LogP contribution in [0.15, 0.2) is 22.0 Å². The predicted octanol–water partition coefficient (Wildman–Crippen LogP) is 4.17. The molecule has 4 nitrogen and oxygen atoms in total. The number of anilines is 1.